The summed E-state index contributed by atoms with van der Waals surface area (Å²) in [5.74, 6) is 0.0295. The van der Waals surface area contributed by atoms with Crippen LogP contribution in [0.1, 0.15) is 17.3 Å². The van der Waals surface area contributed by atoms with Crippen molar-refractivity contribution in [2.24, 2.45) is 4.99 Å². The maximum atomic E-state index is 11.5. The number of aliphatic imine (C=N–C) groups is 1. The van der Waals surface area contributed by atoms with Crippen LogP contribution in [0.3, 0.4) is 0 Å². The molecule has 0 fully saturated rings. The number of carbonyl (C=O) groups excluding carboxylic acids is 1. The van der Waals surface area contributed by atoms with Crippen LogP contribution in [0.4, 0.5) is 5.82 Å². The maximum Gasteiger partial charge on any atom is 0.256 e. The van der Waals surface area contributed by atoms with Crippen LogP contribution < -0.4 is 16.4 Å². The Balaban J connectivity index is 2.32. The predicted octanol–water partition coefficient (Wildman–Crippen LogP) is -0.357. The van der Waals surface area contributed by atoms with E-state index in [4.69, 9.17) is 5.73 Å². The molecule has 1 amide bonds. The molecule has 1 aromatic heterocycles. The first-order chi connectivity index (χ1) is 8.13. The normalized spacial score (nSPS) is 18.5. The first-order valence-electron chi connectivity index (χ1n) is 5.19. The number of nitrogens with one attached hydrogen (secondary N) is 2. The van der Waals surface area contributed by atoms with E-state index in [9.17, 15) is 4.79 Å². The number of carbonyl (C=O) groups is 1. The van der Waals surface area contributed by atoms with Crippen LogP contribution in [0.5, 0.6) is 0 Å². The minimum absolute atomic E-state index is 0.0361. The van der Waals surface area contributed by atoms with Gasteiger partial charge < -0.3 is 16.4 Å². The van der Waals surface area contributed by atoms with E-state index in [1.807, 2.05) is 6.92 Å². The molecule has 1 aromatic rings. The summed E-state index contributed by atoms with van der Waals surface area (Å²) in [7, 11) is 1.55. The van der Waals surface area contributed by atoms with Gasteiger partial charge in [-0.05, 0) is 6.92 Å². The summed E-state index contributed by atoms with van der Waals surface area (Å²) in [6.45, 7) is 1.92. The summed E-state index contributed by atoms with van der Waals surface area (Å²) in [4.78, 5) is 15.7. The summed E-state index contributed by atoms with van der Waals surface area (Å²) >= 11 is 0. The third-order valence-electron chi connectivity index (χ3n) is 2.43. The first kappa shape index (κ1) is 11.2. The van der Waals surface area contributed by atoms with Gasteiger partial charge in [0.15, 0.2) is 0 Å². The quantitative estimate of drug-likeness (QED) is 0.651. The highest BCUT2D eigenvalue weighted by molar-refractivity contribution is 6.05. The minimum atomic E-state index is -0.261. The topological polar surface area (TPSA) is 97.3 Å². The van der Waals surface area contributed by atoms with Gasteiger partial charge in [-0.15, -0.1) is 0 Å². The molecule has 2 rings (SSSR count). The van der Waals surface area contributed by atoms with Crippen molar-refractivity contribution in [3.05, 3.63) is 18.0 Å². The van der Waals surface area contributed by atoms with Crippen molar-refractivity contribution in [2.45, 2.75) is 13.1 Å². The Bertz CT molecular complexity index is 501. The van der Waals surface area contributed by atoms with E-state index >= 15 is 0 Å². The summed E-state index contributed by atoms with van der Waals surface area (Å²) < 4.78 is 1.47. The summed E-state index contributed by atoms with van der Waals surface area (Å²) in [5.41, 5.74) is 6.89. The van der Waals surface area contributed by atoms with E-state index in [2.05, 4.69) is 20.7 Å². The second-order valence-corrected chi connectivity index (χ2v) is 3.62. The second kappa shape index (κ2) is 4.28. The van der Waals surface area contributed by atoms with E-state index < -0.39 is 0 Å². The van der Waals surface area contributed by atoms with Gasteiger partial charge in [-0.25, -0.2) is 4.68 Å². The number of hydrogen-bond acceptors (Lipinski definition) is 5. The number of nitrogens with two attached hydrogens (primary N) is 1. The number of nitrogen functional groups attached to an aromatic ring is 1. The van der Waals surface area contributed by atoms with Gasteiger partial charge >= 0.3 is 0 Å². The molecule has 1 aliphatic rings. The van der Waals surface area contributed by atoms with E-state index in [1.165, 1.54) is 10.9 Å². The predicted molar refractivity (Wildman–Crippen MR) is 65.4 cm³/mol. The molecular formula is C10H14N6O. The van der Waals surface area contributed by atoms with Crippen LogP contribution in [0.25, 0.3) is 5.70 Å². The van der Waals surface area contributed by atoms with Crippen LogP contribution in [0.2, 0.25) is 0 Å². The van der Waals surface area contributed by atoms with Crippen molar-refractivity contribution >= 4 is 23.6 Å². The monoisotopic (exact) mass is 234 g/mol. The average Bonchev–Trinajstić information content (AvgIpc) is 2.71. The zero-order chi connectivity index (χ0) is 12.4. The molecule has 0 aromatic carbocycles. The van der Waals surface area contributed by atoms with Gasteiger partial charge in [0.1, 0.15) is 23.2 Å². The standard InChI is InChI=1S/C10H14N6O/c1-6-13-3-7(4-14-6)16-9(11)8(5-15-16)10(17)12-2/h3-6,13H,11H2,1-2H3,(H,12,17). The number of hydrogen-bond donors (Lipinski definition) is 3. The molecule has 0 radical (unpaired) electrons. The lowest BCUT2D eigenvalue weighted by atomic mass is 10.3. The lowest BCUT2D eigenvalue weighted by molar-refractivity contribution is 0.0964. The highest BCUT2D eigenvalue weighted by atomic mass is 16.1. The first-order valence-corrected chi connectivity index (χ1v) is 5.19. The fourth-order valence-electron chi connectivity index (χ4n) is 1.46. The smallest absolute Gasteiger partial charge is 0.256 e. The third kappa shape index (κ3) is 1.99. The molecule has 7 nitrogen and oxygen atoms in total. The van der Waals surface area contributed by atoms with Crippen molar-refractivity contribution < 1.29 is 4.79 Å². The van der Waals surface area contributed by atoms with Gasteiger partial charge in [-0.2, -0.15) is 5.10 Å². The van der Waals surface area contributed by atoms with Crippen LogP contribution in [0.15, 0.2) is 17.4 Å². The Morgan fingerprint density at radius 2 is 2.41 bits per heavy atom. The summed E-state index contributed by atoms with van der Waals surface area (Å²) in [6, 6.07) is 0. The molecular weight excluding hydrogens is 220 g/mol. The Morgan fingerprint density at radius 3 is 3.00 bits per heavy atom. The minimum Gasteiger partial charge on any atom is -0.383 e. The van der Waals surface area contributed by atoms with Gasteiger partial charge in [0.2, 0.25) is 0 Å². The fourth-order valence-corrected chi connectivity index (χ4v) is 1.46. The molecule has 17 heavy (non-hydrogen) atoms. The Morgan fingerprint density at radius 1 is 1.65 bits per heavy atom. The highest BCUT2D eigenvalue weighted by Gasteiger charge is 2.16. The lowest BCUT2D eigenvalue weighted by Gasteiger charge is -2.14. The Hall–Kier alpha value is -2.31. The van der Waals surface area contributed by atoms with Crippen molar-refractivity contribution in [3.63, 3.8) is 0 Å². The molecule has 1 unspecified atom stereocenters. The number of anilines is 1. The fraction of sp³-hybridized carbons (Fsp3) is 0.300. The Kier molecular flexibility index (Phi) is 2.82. The third-order valence-corrected chi connectivity index (χ3v) is 2.43. The van der Waals surface area contributed by atoms with Crippen molar-refractivity contribution in [1.82, 2.24) is 20.4 Å². The summed E-state index contributed by atoms with van der Waals surface area (Å²) in [5, 5.41) is 9.60. The lowest BCUT2D eigenvalue weighted by Crippen LogP contribution is -2.24. The van der Waals surface area contributed by atoms with Crippen molar-refractivity contribution in [1.29, 1.82) is 0 Å². The number of rotatable bonds is 2. The average molecular weight is 234 g/mol. The molecule has 0 saturated carbocycles. The van der Waals surface area contributed by atoms with Crippen LogP contribution >= 0.6 is 0 Å². The van der Waals surface area contributed by atoms with Gasteiger partial charge in [0.25, 0.3) is 5.91 Å². The molecule has 1 aliphatic heterocycles. The maximum absolute atomic E-state index is 11.5. The van der Waals surface area contributed by atoms with Gasteiger partial charge in [0.05, 0.1) is 12.4 Å². The van der Waals surface area contributed by atoms with E-state index in [0.29, 0.717) is 17.1 Å². The molecule has 0 aliphatic carbocycles. The molecule has 4 N–H and O–H groups in total. The van der Waals surface area contributed by atoms with E-state index in [-0.39, 0.29) is 12.1 Å². The highest BCUT2D eigenvalue weighted by Crippen LogP contribution is 2.15. The molecule has 0 bridgehead atoms. The number of allylic oxidation sites excluding steroid dienone is 1. The number of aromatic nitrogens is 2. The number of amides is 1. The molecule has 2 heterocycles. The molecule has 7 heteroatoms. The number of nitrogens with zero attached hydrogens (tertiary/aromatic N) is 3. The molecule has 0 saturated heterocycles. The second-order valence-electron chi connectivity index (χ2n) is 3.62. The van der Waals surface area contributed by atoms with Crippen molar-refractivity contribution in [2.75, 3.05) is 12.8 Å². The van der Waals surface area contributed by atoms with E-state index in [1.54, 1.807) is 19.5 Å². The molecule has 0 spiro atoms. The van der Waals surface area contributed by atoms with Crippen LogP contribution in [0, 0.1) is 0 Å². The molecule has 90 valence electrons. The van der Waals surface area contributed by atoms with Gasteiger partial charge in [0, 0.05) is 13.2 Å². The zero-order valence-corrected chi connectivity index (χ0v) is 9.64. The van der Waals surface area contributed by atoms with E-state index in [0.717, 1.165) is 0 Å². The van der Waals surface area contributed by atoms with Crippen LogP contribution in [-0.4, -0.2) is 35.1 Å². The Labute approximate surface area is 98.4 Å². The molecule has 1 atom stereocenters. The summed E-state index contributed by atoms with van der Waals surface area (Å²) in [6.07, 6.45) is 4.89. The van der Waals surface area contributed by atoms with Gasteiger partial charge in [-0.3, -0.25) is 9.79 Å². The SMILES string of the molecule is CNC(=O)c1cnn(C2=CNC(C)N=C2)c1N. The zero-order valence-electron chi connectivity index (χ0n) is 9.64. The largest absolute Gasteiger partial charge is 0.383 e. The van der Waals surface area contributed by atoms with Crippen LogP contribution in [-0.2, 0) is 0 Å². The van der Waals surface area contributed by atoms with Crippen molar-refractivity contribution in [3.8, 4) is 0 Å². The van der Waals surface area contributed by atoms with Gasteiger partial charge in [-0.1, -0.05) is 0 Å².